The van der Waals surface area contributed by atoms with Crippen molar-refractivity contribution in [1.29, 1.82) is 0 Å². The van der Waals surface area contributed by atoms with Gasteiger partial charge >= 0.3 is 0 Å². The number of nitrogens with one attached hydrogen (secondary N) is 1. The van der Waals surface area contributed by atoms with E-state index in [0.717, 1.165) is 26.6 Å². The monoisotopic (exact) mass is 369 g/mol. The lowest BCUT2D eigenvalue weighted by molar-refractivity contribution is 0.214. The molecule has 5 nitrogen and oxygen atoms in total. The fourth-order valence-electron chi connectivity index (χ4n) is 2.82. The smallest absolute Gasteiger partial charge is 0.199 e. The molecular formula is C17H12BrN3O2. The van der Waals surface area contributed by atoms with Gasteiger partial charge in [-0.3, -0.25) is 0 Å². The Bertz CT molecular complexity index is 989. The third-order valence-corrected chi connectivity index (χ3v) is 4.27. The Morgan fingerprint density at radius 1 is 1.22 bits per heavy atom. The number of hydrogen-bond donors (Lipinski definition) is 2. The van der Waals surface area contributed by atoms with Gasteiger partial charge in [0.25, 0.3) is 0 Å². The number of aliphatic imine (C=N–C) groups is 1. The largest absolute Gasteiger partial charge is 0.494 e. The number of oxime groups is 1. The molecule has 0 aliphatic carbocycles. The van der Waals surface area contributed by atoms with Crippen molar-refractivity contribution in [1.82, 2.24) is 4.98 Å². The summed E-state index contributed by atoms with van der Waals surface area (Å²) in [6.45, 7) is 0. The molecule has 2 N–H and O–H groups in total. The minimum Gasteiger partial charge on any atom is -0.494 e. The molecule has 0 fully saturated rings. The standard InChI is InChI=1S/C17H12BrN3O2/c1-23-21-15-10-4-2-3-5-12(10)19-16(15)14-11-8-9(18)6-7-13(11)20-17(14)22/h2-8,20,22H,1H3. The molecule has 0 atom stereocenters. The van der Waals surface area contributed by atoms with Gasteiger partial charge in [0.15, 0.2) is 5.88 Å². The summed E-state index contributed by atoms with van der Waals surface area (Å²) >= 11 is 3.47. The van der Waals surface area contributed by atoms with Gasteiger partial charge in [-0.25, -0.2) is 4.99 Å². The number of aromatic hydroxyl groups is 1. The van der Waals surface area contributed by atoms with E-state index in [2.05, 4.69) is 31.1 Å². The van der Waals surface area contributed by atoms with Crippen LogP contribution in [0.1, 0.15) is 11.1 Å². The summed E-state index contributed by atoms with van der Waals surface area (Å²) in [4.78, 5) is 12.6. The third-order valence-electron chi connectivity index (χ3n) is 3.78. The summed E-state index contributed by atoms with van der Waals surface area (Å²) in [7, 11) is 1.50. The lowest BCUT2D eigenvalue weighted by Crippen LogP contribution is -2.13. The number of H-pyrrole nitrogens is 1. The van der Waals surface area contributed by atoms with Crippen LogP contribution < -0.4 is 0 Å². The number of hydrogen-bond acceptors (Lipinski definition) is 4. The molecule has 6 heteroatoms. The highest BCUT2D eigenvalue weighted by atomic mass is 79.9. The van der Waals surface area contributed by atoms with Crippen LogP contribution in [0.15, 0.2) is 57.1 Å². The lowest BCUT2D eigenvalue weighted by Gasteiger charge is -2.03. The first-order valence-corrected chi connectivity index (χ1v) is 7.78. The van der Waals surface area contributed by atoms with Crippen LogP contribution in [0, 0.1) is 0 Å². The Morgan fingerprint density at radius 3 is 2.87 bits per heavy atom. The first kappa shape index (κ1) is 14.0. The second-order valence-electron chi connectivity index (χ2n) is 5.14. The molecule has 0 saturated carbocycles. The van der Waals surface area contributed by atoms with Crippen molar-refractivity contribution in [2.24, 2.45) is 10.1 Å². The number of aromatic nitrogens is 1. The predicted octanol–water partition coefficient (Wildman–Crippen LogP) is 4.12. The molecule has 1 aliphatic rings. The van der Waals surface area contributed by atoms with Crippen molar-refractivity contribution in [2.45, 2.75) is 0 Å². The van der Waals surface area contributed by atoms with Gasteiger partial charge in [-0.1, -0.05) is 39.3 Å². The first-order valence-electron chi connectivity index (χ1n) is 6.99. The molecule has 2 aromatic carbocycles. The van der Waals surface area contributed by atoms with Crippen molar-refractivity contribution >= 4 is 43.9 Å². The summed E-state index contributed by atoms with van der Waals surface area (Å²) in [6, 6.07) is 13.4. The number of rotatable bonds is 2. The van der Waals surface area contributed by atoms with Crippen LogP contribution in [0.5, 0.6) is 5.88 Å². The van der Waals surface area contributed by atoms with Gasteiger partial charge < -0.3 is 14.9 Å². The van der Waals surface area contributed by atoms with Crippen LogP contribution in [0.2, 0.25) is 0 Å². The average Bonchev–Trinajstić information content (AvgIpc) is 3.05. The fourth-order valence-corrected chi connectivity index (χ4v) is 3.18. The number of aromatic amines is 1. The molecular weight excluding hydrogens is 358 g/mol. The van der Waals surface area contributed by atoms with E-state index in [9.17, 15) is 5.11 Å². The third kappa shape index (κ3) is 2.14. The molecule has 114 valence electrons. The molecule has 0 radical (unpaired) electrons. The van der Waals surface area contributed by atoms with E-state index in [1.807, 2.05) is 42.5 Å². The van der Waals surface area contributed by atoms with Crippen molar-refractivity contribution < 1.29 is 9.94 Å². The van der Waals surface area contributed by atoms with Gasteiger partial charge in [-0.05, 0) is 24.3 Å². The second-order valence-corrected chi connectivity index (χ2v) is 6.05. The maximum absolute atomic E-state index is 10.4. The van der Waals surface area contributed by atoms with E-state index in [1.165, 1.54) is 7.11 Å². The van der Waals surface area contributed by atoms with Crippen LogP contribution in [-0.2, 0) is 4.84 Å². The maximum atomic E-state index is 10.4. The molecule has 0 amide bonds. The van der Waals surface area contributed by atoms with Crippen molar-refractivity contribution in [3.05, 3.63) is 58.1 Å². The van der Waals surface area contributed by atoms with Crippen LogP contribution in [0.3, 0.4) is 0 Å². The quantitative estimate of drug-likeness (QED) is 0.667. The number of halogens is 1. The van der Waals surface area contributed by atoms with Crippen LogP contribution in [0.25, 0.3) is 10.9 Å². The zero-order chi connectivity index (χ0) is 16.0. The zero-order valence-electron chi connectivity index (χ0n) is 12.2. The van der Waals surface area contributed by atoms with Crippen molar-refractivity contribution in [2.75, 3.05) is 7.11 Å². The summed E-state index contributed by atoms with van der Waals surface area (Å²) < 4.78 is 0.923. The Balaban J connectivity index is 2.00. The molecule has 2 heterocycles. The normalized spacial score (nSPS) is 15.0. The summed E-state index contributed by atoms with van der Waals surface area (Å²) in [5, 5.41) is 15.4. The van der Waals surface area contributed by atoms with Crippen molar-refractivity contribution in [3.63, 3.8) is 0 Å². The second kappa shape index (κ2) is 5.24. The number of nitrogens with zero attached hydrogens (tertiary/aromatic N) is 2. The first-order chi connectivity index (χ1) is 11.2. The van der Waals surface area contributed by atoms with E-state index in [4.69, 9.17) is 4.84 Å². The summed E-state index contributed by atoms with van der Waals surface area (Å²) in [5.74, 6) is 0.0634. The number of benzene rings is 2. The van der Waals surface area contributed by atoms with E-state index >= 15 is 0 Å². The predicted molar refractivity (Wildman–Crippen MR) is 93.8 cm³/mol. The molecule has 3 aromatic rings. The van der Waals surface area contributed by atoms with Crippen LogP contribution in [-0.4, -0.2) is 28.6 Å². The van der Waals surface area contributed by atoms with Gasteiger partial charge in [-0.2, -0.15) is 0 Å². The van der Waals surface area contributed by atoms with E-state index in [-0.39, 0.29) is 5.88 Å². The van der Waals surface area contributed by atoms with Crippen LogP contribution >= 0.6 is 15.9 Å². The molecule has 0 bridgehead atoms. The molecule has 0 spiro atoms. The molecule has 0 unspecified atom stereocenters. The summed E-state index contributed by atoms with van der Waals surface area (Å²) in [5.41, 5.74) is 4.34. The zero-order valence-corrected chi connectivity index (χ0v) is 13.8. The highest BCUT2D eigenvalue weighted by molar-refractivity contribution is 9.10. The minimum atomic E-state index is 0.0634. The number of para-hydroxylation sites is 1. The average molecular weight is 370 g/mol. The van der Waals surface area contributed by atoms with Gasteiger partial charge in [0.1, 0.15) is 18.5 Å². The SMILES string of the molecule is CON=C1C(c2c(O)[nH]c3ccc(Br)cc23)=Nc2ccccc21. The Hall–Kier alpha value is -2.60. The van der Waals surface area contributed by atoms with E-state index in [1.54, 1.807) is 0 Å². The highest BCUT2D eigenvalue weighted by Gasteiger charge is 2.29. The van der Waals surface area contributed by atoms with Gasteiger partial charge in [-0.15, -0.1) is 0 Å². The fraction of sp³-hybridized carbons (Fsp3) is 0.0588. The topological polar surface area (TPSA) is 70.0 Å². The van der Waals surface area contributed by atoms with Gasteiger partial charge in [0.05, 0.1) is 11.3 Å². The van der Waals surface area contributed by atoms with Gasteiger partial charge in [0, 0.05) is 20.9 Å². The maximum Gasteiger partial charge on any atom is 0.199 e. The summed E-state index contributed by atoms with van der Waals surface area (Å²) in [6.07, 6.45) is 0. The van der Waals surface area contributed by atoms with Crippen molar-refractivity contribution in [3.8, 4) is 5.88 Å². The lowest BCUT2D eigenvalue weighted by atomic mass is 10.0. The van der Waals surface area contributed by atoms with Gasteiger partial charge in [0.2, 0.25) is 0 Å². The molecule has 0 saturated heterocycles. The number of fused-ring (bicyclic) bond motifs is 2. The van der Waals surface area contributed by atoms with E-state index in [0.29, 0.717) is 17.0 Å². The van der Waals surface area contributed by atoms with Crippen LogP contribution in [0.4, 0.5) is 5.69 Å². The Morgan fingerprint density at radius 2 is 2.04 bits per heavy atom. The van der Waals surface area contributed by atoms with E-state index < -0.39 is 0 Å². The molecule has 1 aliphatic heterocycles. The Labute approximate surface area is 140 Å². The highest BCUT2D eigenvalue weighted by Crippen LogP contribution is 2.36. The molecule has 1 aromatic heterocycles. The molecule has 4 rings (SSSR count). The Kier molecular flexibility index (Phi) is 3.20. The minimum absolute atomic E-state index is 0.0634. The molecule has 23 heavy (non-hydrogen) atoms.